The van der Waals surface area contributed by atoms with Gasteiger partial charge in [-0.2, -0.15) is 0 Å². The zero-order chi connectivity index (χ0) is 21.4. The Morgan fingerprint density at radius 3 is 2.33 bits per heavy atom. The van der Waals surface area contributed by atoms with Crippen LogP contribution in [0.5, 0.6) is 0 Å². The number of rotatable bonds is 3. The molecule has 3 aromatic rings. The molecule has 1 fully saturated rings. The van der Waals surface area contributed by atoms with E-state index in [1.165, 1.54) is 22.9 Å². The van der Waals surface area contributed by atoms with Gasteiger partial charge < -0.3 is 0 Å². The fourth-order valence-electron chi connectivity index (χ4n) is 5.69. The van der Waals surface area contributed by atoms with E-state index < -0.39 is 11.6 Å². The summed E-state index contributed by atoms with van der Waals surface area (Å²) in [6.45, 7) is 6.84. The molecule has 6 heteroatoms. The Kier molecular flexibility index (Phi) is 3.92. The van der Waals surface area contributed by atoms with Gasteiger partial charge in [0.2, 0.25) is 0 Å². The quantitative estimate of drug-likeness (QED) is 0.575. The molecule has 0 radical (unpaired) electrons. The van der Waals surface area contributed by atoms with Crippen LogP contribution < -0.4 is 5.56 Å². The number of hydrogen-bond donors (Lipinski definition) is 0. The van der Waals surface area contributed by atoms with E-state index in [1.807, 2.05) is 4.68 Å². The van der Waals surface area contributed by atoms with E-state index in [9.17, 15) is 18.0 Å². The summed E-state index contributed by atoms with van der Waals surface area (Å²) < 4.78 is 44.9. The van der Waals surface area contributed by atoms with Gasteiger partial charge in [0.15, 0.2) is 5.82 Å². The predicted octanol–water partition coefficient (Wildman–Crippen LogP) is 5.28. The lowest BCUT2D eigenvalue weighted by molar-refractivity contribution is 0.216. The zero-order valence-electron chi connectivity index (χ0n) is 17.2. The van der Waals surface area contributed by atoms with Crippen LogP contribution in [-0.2, 0) is 12.0 Å². The Morgan fingerprint density at radius 1 is 1.00 bits per heavy atom. The standard InChI is InChI=1S/C24H23F3N2O/c1-23(2)17-10-11-24(23,3)21-20(17)22(30)29(19-9-8-16(26)12-18(19)27)28(21)13-14-4-6-15(25)7-5-14/h4-9,12,17H,10-11,13H2,1-3H3/t17-,24+/m0/s1. The van der Waals surface area contributed by atoms with Crippen molar-refractivity contribution in [3.63, 3.8) is 0 Å². The van der Waals surface area contributed by atoms with Crippen LogP contribution in [0.3, 0.4) is 0 Å². The van der Waals surface area contributed by atoms with E-state index in [-0.39, 0.29) is 33.8 Å². The number of fused-ring (bicyclic) bond motifs is 5. The average molecular weight is 412 g/mol. The van der Waals surface area contributed by atoms with Gasteiger partial charge in [-0.05, 0) is 54.0 Å². The van der Waals surface area contributed by atoms with Crippen molar-refractivity contribution in [1.29, 1.82) is 0 Å². The highest BCUT2D eigenvalue weighted by atomic mass is 19.1. The predicted molar refractivity (Wildman–Crippen MR) is 109 cm³/mol. The van der Waals surface area contributed by atoms with Crippen molar-refractivity contribution in [3.05, 3.63) is 87.1 Å². The third-order valence-electron chi connectivity index (χ3n) is 7.66. The van der Waals surface area contributed by atoms with Crippen molar-refractivity contribution < 1.29 is 13.2 Å². The molecule has 156 valence electrons. The van der Waals surface area contributed by atoms with E-state index in [4.69, 9.17) is 0 Å². The summed E-state index contributed by atoms with van der Waals surface area (Å²) in [5, 5.41) is 0. The second kappa shape index (κ2) is 6.13. The van der Waals surface area contributed by atoms with Crippen molar-refractivity contribution in [2.45, 2.75) is 51.5 Å². The van der Waals surface area contributed by atoms with Crippen LogP contribution >= 0.6 is 0 Å². The lowest BCUT2D eigenvalue weighted by Crippen LogP contribution is -2.36. The molecule has 1 aromatic heterocycles. The molecule has 1 heterocycles. The van der Waals surface area contributed by atoms with Crippen molar-refractivity contribution in [2.24, 2.45) is 5.41 Å². The van der Waals surface area contributed by atoms with Crippen LogP contribution in [-0.4, -0.2) is 9.36 Å². The van der Waals surface area contributed by atoms with Crippen molar-refractivity contribution >= 4 is 0 Å². The van der Waals surface area contributed by atoms with Crippen LogP contribution in [0.25, 0.3) is 5.69 Å². The molecule has 0 amide bonds. The SMILES string of the molecule is CC1(C)[C@H]2CC[C@]1(C)c1c2c(=O)n(-c2ccc(F)cc2F)n1Cc1ccc(F)cc1. The molecule has 2 aliphatic rings. The fourth-order valence-corrected chi connectivity index (χ4v) is 5.69. The molecule has 2 bridgehead atoms. The minimum absolute atomic E-state index is 0.0266. The molecule has 30 heavy (non-hydrogen) atoms. The molecule has 1 saturated carbocycles. The topological polar surface area (TPSA) is 26.9 Å². The minimum atomic E-state index is -0.787. The molecule has 5 rings (SSSR count). The minimum Gasteiger partial charge on any atom is -0.277 e. The molecule has 3 nitrogen and oxygen atoms in total. The number of aromatic nitrogens is 2. The molecule has 0 aliphatic heterocycles. The van der Waals surface area contributed by atoms with Gasteiger partial charge in [-0.3, -0.25) is 9.48 Å². The molecular weight excluding hydrogens is 389 g/mol. The van der Waals surface area contributed by atoms with Gasteiger partial charge >= 0.3 is 0 Å². The van der Waals surface area contributed by atoms with Crippen LogP contribution in [0.4, 0.5) is 13.2 Å². The van der Waals surface area contributed by atoms with Gasteiger partial charge in [-0.15, -0.1) is 0 Å². The van der Waals surface area contributed by atoms with Crippen molar-refractivity contribution in [3.8, 4) is 5.69 Å². The van der Waals surface area contributed by atoms with E-state index >= 15 is 0 Å². The highest BCUT2D eigenvalue weighted by molar-refractivity contribution is 5.48. The fraction of sp³-hybridized carbons (Fsp3) is 0.375. The average Bonchev–Trinajstić information content (AvgIpc) is 3.16. The first kappa shape index (κ1) is 19.2. The molecule has 2 aliphatic carbocycles. The van der Waals surface area contributed by atoms with Gasteiger partial charge in [0, 0.05) is 17.0 Å². The Morgan fingerprint density at radius 2 is 1.67 bits per heavy atom. The summed E-state index contributed by atoms with van der Waals surface area (Å²) in [6.07, 6.45) is 1.86. The summed E-state index contributed by atoms with van der Waals surface area (Å²) in [5.41, 5.74) is 1.89. The highest BCUT2D eigenvalue weighted by Crippen LogP contribution is 2.67. The van der Waals surface area contributed by atoms with Gasteiger partial charge in [0.05, 0.1) is 12.2 Å². The van der Waals surface area contributed by atoms with Crippen LogP contribution in [0.1, 0.15) is 56.4 Å². The molecular formula is C24H23F3N2O. The third kappa shape index (κ3) is 2.36. The molecule has 0 unspecified atom stereocenters. The van der Waals surface area contributed by atoms with Crippen LogP contribution in [0.15, 0.2) is 47.3 Å². The van der Waals surface area contributed by atoms with E-state index in [2.05, 4.69) is 20.8 Å². The number of hydrogen-bond acceptors (Lipinski definition) is 1. The maximum atomic E-state index is 14.7. The first-order valence-electron chi connectivity index (χ1n) is 10.2. The monoisotopic (exact) mass is 412 g/mol. The summed E-state index contributed by atoms with van der Waals surface area (Å²) in [6, 6.07) is 9.33. The highest BCUT2D eigenvalue weighted by Gasteiger charge is 2.62. The lowest BCUT2D eigenvalue weighted by atomic mass is 9.70. The smallest absolute Gasteiger partial charge is 0.275 e. The first-order chi connectivity index (χ1) is 14.1. The summed E-state index contributed by atoms with van der Waals surface area (Å²) in [5.74, 6) is -1.73. The maximum absolute atomic E-state index is 14.7. The summed E-state index contributed by atoms with van der Waals surface area (Å²) >= 11 is 0. The summed E-state index contributed by atoms with van der Waals surface area (Å²) in [7, 11) is 0. The van der Waals surface area contributed by atoms with Crippen LogP contribution in [0.2, 0.25) is 0 Å². The number of benzene rings is 2. The van der Waals surface area contributed by atoms with Crippen molar-refractivity contribution in [1.82, 2.24) is 9.36 Å². The first-order valence-corrected chi connectivity index (χ1v) is 10.2. The zero-order valence-corrected chi connectivity index (χ0v) is 17.2. The normalized spacial score (nSPS) is 23.7. The Hall–Kier alpha value is -2.76. The Bertz CT molecular complexity index is 1220. The Labute approximate surface area is 172 Å². The van der Waals surface area contributed by atoms with Gasteiger partial charge in [0.1, 0.15) is 17.3 Å². The number of halogens is 3. The van der Waals surface area contributed by atoms with Gasteiger partial charge in [-0.25, -0.2) is 17.9 Å². The largest absolute Gasteiger partial charge is 0.277 e. The molecule has 2 aromatic carbocycles. The van der Waals surface area contributed by atoms with Crippen molar-refractivity contribution in [2.75, 3.05) is 0 Å². The maximum Gasteiger partial charge on any atom is 0.275 e. The van der Waals surface area contributed by atoms with E-state index in [1.54, 1.807) is 12.1 Å². The lowest BCUT2D eigenvalue weighted by Gasteiger charge is -2.36. The molecule has 0 N–H and O–H groups in total. The number of nitrogens with zero attached hydrogens (tertiary/aromatic N) is 2. The third-order valence-corrected chi connectivity index (χ3v) is 7.66. The van der Waals surface area contributed by atoms with Gasteiger partial charge in [0.25, 0.3) is 5.56 Å². The molecule has 0 saturated heterocycles. The van der Waals surface area contributed by atoms with E-state index in [0.717, 1.165) is 41.8 Å². The second-order valence-corrected chi connectivity index (χ2v) is 9.30. The molecule has 2 atom stereocenters. The molecule has 0 spiro atoms. The van der Waals surface area contributed by atoms with Gasteiger partial charge in [-0.1, -0.05) is 32.9 Å². The van der Waals surface area contributed by atoms with Crippen LogP contribution in [0, 0.1) is 22.9 Å². The second-order valence-electron chi connectivity index (χ2n) is 9.30. The summed E-state index contributed by atoms with van der Waals surface area (Å²) in [4.78, 5) is 13.6. The Balaban J connectivity index is 1.79. The van der Waals surface area contributed by atoms with E-state index in [0.29, 0.717) is 6.54 Å².